The topological polar surface area (TPSA) is 148 Å². The van der Waals surface area contributed by atoms with E-state index in [1.807, 2.05) is 0 Å². The van der Waals surface area contributed by atoms with E-state index in [0.29, 0.717) is 11.8 Å². The maximum atomic E-state index is 13.0. The molecule has 1 saturated heterocycles. The summed E-state index contributed by atoms with van der Waals surface area (Å²) in [6.45, 7) is 16.0. The average Bonchev–Trinajstić information content (AvgIpc) is 2.95. The maximum Gasteiger partial charge on any atom is 0.310 e. The van der Waals surface area contributed by atoms with Crippen LogP contribution in [0.2, 0.25) is 0 Å². The van der Waals surface area contributed by atoms with E-state index in [-0.39, 0.29) is 38.9 Å². The van der Waals surface area contributed by atoms with Gasteiger partial charge in [-0.25, -0.2) is 0 Å². The first-order valence-corrected chi connectivity index (χ1v) is 17.7. The Hall–Kier alpha value is -1.03. The molecule has 4 saturated carbocycles. The lowest BCUT2D eigenvalue weighted by Crippen LogP contribution is -2.67. The molecular weight excluding hydrogens is 572 g/mol. The summed E-state index contributed by atoms with van der Waals surface area (Å²) in [4.78, 5) is 13.0. The van der Waals surface area contributed by atoms with Crippen LogP contribution in [0.5, 0.6) is 0 Å². The number of aliphatic hydroxyl groups is 5. The molecule has 0 spiro atoms. The first kappa shape index (κ1) is 33.9. The van der Waals surface area contributed by atoms with Gasteiger partial charge in [-0.1, -0.05) is 60.1 Å². The van der Waals surface area contributed by atoms with Crippen molar-refractivity contribution in [1.82, 2.24) is 0 Å². The van der Waals surface area contributed by atoms with E-state index in [2.05, 4.69) is 54.5 Å². The highest BCUT2D eigenvalue weighted by molar-refractivity contribution is 5.76. The van der Waals surface area contributed by atoms with E-state index in [0.717, 1.165) is 64.2 Å². The highest BCUT2D eigenvalue weighted by atomic mass is 16.6. The van der Waals surface area contributed by atoms with Gasteiger partial charge >= 0.3 is 5.97 Å². The van der Waals surface area contributed by atoms with E-state index in [4.69, 9.17) is 4.74 Å². The van der Waals surface area contributed by atoms with Crippen LogP contribution in [0.15, 0.2) is 11.6 Å². The summed E-state index contributed by atoms with van der Waals surface area (Å²) in [6.07, 6.45) is 3.91. The molecule has 0 aromatic carbocycles. The minimum absolute atomic E-state index is 0.0142. The fraction of sp³-hybridized carbons (Fsp3) is 0.919. The number of rotatable bonds is 4. The highest BCUT2D eigenvalue weighted by Crippen LogP contribution is 2.76. The predicted molar refractivity (Wildman–Crippen MR) is 170 cm³/mol. The van der Waals surface area contributed by atoms with Gasteiger partial charge in [0.05, 0.1) is 18.1 Å². The van der Waals surface area contributed by atoms with Gasteiger partial charge in [-0.3, -0.25) is 4.79 Å². The second kappa shape index (κ2) is 10.7. The molecule has 256 valence electrons. The Kier molecular flexibility index (Phi) is 8.08. The van der Waals surface area contributed by atoms with Gasteiger partial charge in [-0.15, -0.1) is 0 Å². The number of carbonyl (C=O) groups is 1. The van der Waals surface area contributed by atoms with Crippen LogP contribution in [0, 0.1) is 56.2 Å². The number of carboxylic acids is 1. The van der Waals surface area contributed by atoms with Crippen LogP contribution in [-0.2, 0) is 9.53 Å². The van der Waals surface area contributed by atoms with Crippen LogP contribution < -0.4 is 0 Å². The predicted octanol–water partition coefficient (Wildman–Crippen LogP) is 4.69. The van der Waals surface area contributed by atoms with E-state index in [1.54, 1.807) is 0 Å². The van der Waals surface area contributed by atoms with Gasteiger partial charge in [-0.2, -0.15) is 0 Å². The number of allylic oxidation sites excluding steroid dienone is 2. The third-order valence-corrected chi connectivity index (χ3v) is 15.9. The first-order chi connectivity index (χ1) is 20.8. The zero-order chi connectivity index (χ0) is 33.1. The fourth-order valence-corrected chi connectivity index (χ4v) is 12.9. The second-order valence-corrected chi connectivity index (χ2v) is 18.4. The lowest BCUT2D eigenvalue weighted by Gasteiger charge is -2.71. The maximum absolute atomic E-state index is 13.0. The molecular formula is C37H60O8. The van der Waals surface area contributed by atoms with Crippen LogP contribution in [-0.4, -0.2) is 79.8 Å². The molecule has 5 aliphatic carbocycles. The summed E-state index contributed by atoms with van der Waals surface area (Å²) >= 11 is 0. The lowest BCUT2D eigenvalue weighted by molar-refractivity contribution is -0.267. The molecule has 0 aromatic heterocycles. The molecule has 45 heavy (non-hydrogen) atoms. The smallest absolute Gasteiger partial charge is 0.310 e. The molecule has 0 radical (unpaired) electrons. The van der Waals surface area contributed by atoms with Crippen molar-refractivity contribution < 1.29 is 40.2 Å². The Balaban J connectivity index is 1.31. The van der Waals surface area contributed by atoms with Crippen molar-refractivity contribution in [3.63, 3.8) is 0 Å². The third-order valence-electron chi connectivity index (χ3n) is 15.9. The van der Waals surface area contributed by atoms with Gasteiger partial charge in [-0.05, 0) is 115 Å². The normalized spacial score (nSPS) is 52.7. The van der Waals surface area contributed by atoms with Crippen LogP contribution in [0.4, 0.5) is 0 Å². The average molecular weight is 633 g/mol. The van der Waals surface area contributed by atoms with Crippen LogP contribution in [0.25, 0.3) is 0 Å². The lowest BCUT2D eigenvalue weighted by atomic mass is 9.33. The summed E-state index contributed by atoms with van der Waals surface area (Å²) in [5.41, 5.74) is 0.609. The molecule has 6 unspecified atom stereocenters. The zero-order valence-corrected chi connectivity index (χ0v) is 28.6. The van der Waals surface area contributed by atoms with Gasteiger partial charge in [0.15, 0.2) is 0 Å². The Bertz CT molecular complexity index is 1210. The monoisotopic (exact) mass is 632 g/mol. The SMILES string of the molecule is CC1(C)CC[C@]2(C(=O)O)CC[C@]3(C)C(=CCC4[C@@]5(C)CC[C@@H](C(O)[C@@H]6OC(CO)[C@@H](O)[C@H](O)C6O)C(C)(C)C5CC[C@]43C)C2C1. The number of aliphatic carboxylic acids is 1. The minimum atomic E-state index is -1.50. The molecule has 0 amide bonds. The van der Waals surface area contributed by atoms with E-state index >= 15 is 0 Å². The molecule has 14 atom stereocenters. The highest BCUT2D eigenvalue weighted by Gasteiger charge is 2.70. The Labute approximate surface area is 269 Å². The summed E-state index contributed by atoms with van der Waals surface area (Å²) in [5, 5.41) is 63.8. The molecule has 8 heteroatoms. The summed E-state index contributed by atoms with van der Waals surface area (Å²) in [5.74, 6) is 0.0295. The molecule has 5 fully saturated rings. The van der Waals surface area contributed by atoms with Gasteiger partial charge < -0.3 is 35.4 Å². The van der Waals surface area contributed by atoms with Crippen molar-refractivity contribution in [1.29, 1.82) is 0 Å². The molecule has 6 rings (SSSR count). The minimum Gasteiger partial charge on any atom is -0.481 e. The standard InChI is InChI=1S/C37H60O8/c1-32(2)14-16-37(31(43)44)17-15-35(6)20(22(37)18-32)8-9-25-34(5)12-10-21(33(3,4)24(34)11-13-36(25,35)7)26(39)30-29(42)28(41)27(40)23(19-38)45-30/h8,21-30,38-42H,9-19H2,1-7H3,(H,43,44)/t21-,22?,23?,24?,25?,26?,27+,28-,29?,30-,34-,35+,36+,37-/m0/s1. The van der Waals surface area contributed by atoms with Crippen molar-refractivity contribution >= 4 is 5.97 Å². The Morgan fingerprint density at radius 2 is 1.56 bits per heavy atom. The second-order valence-electron chi connectivity index (χ2n) is 18.4. The summed E-state index contributed by atoms with van der Waals surface area (Å²) < 4.78 is 5.85. The molecule has 0 bridgehead atoms. The first-order valence-electron chi connectivity index (χ1n) is 17.7. The van der Waals surface area contributed by atoms with Crippen molar-refractivity contribution in [2.24, 2.45) is 56.2 Å². The number of carboxylic acid groups (broad SMARTS) is 1. The number of fused-ring (bicyclic) bond motifs is 7. The molecule has 6 N–H and O–H groups in total. The van der Waals surface area contributed by atoms with E-state index < -0.39 is 54.6 Å². The molecule has 1 aliphatic heterocycles. The third kappa shape index (κ3) is 4.55. The molecule has 0 aromatic rings. The van der Waals surface area contributed by atoms with Crippen molar-refractivity contribution in [2.45, 2.75) is 149 Å². The molecule has 8 nitrogen and oxygen atoms in total. The quantitative estimate of drug-likeness (QED) is 0.245. The van der Waals surface area contributed by atoms with E-state index in [9.17, 15) is 35.4 Å². The van der Waals surface area contributed by atoms with Crippen LogP contribution >= 0.6 is 0 Å². The number of aliphatic hydroxyl groups excluding tert-OH is 5. The van der Waals surface area contributed by atoms with E-state index in [1.165, 1.54) is 5.57 Å². The summed E-state index contributed by atoms with van der Waals surface area (Å²) in [7, 11) is 0. The number of hydrogen-bond acceptors (Lipinski definition) is 7. The molecule has 6 aliphatic rings. The Morgan fingerprint density at radius 3 is 2.20 bits per heavy atom. The summed E-state index contributed by atoms with van der Waals surface area (Å²) in [6, 6.07) is 0. The van der Waals surface area contributed by atoms with Gasteiger partial charge in [0.1, 0.15) is 30.5 Å². The zero-order valence-electron chi connectivity index (χ0n) is 28.6. The van der Waals surface area contributed by atoms with Gasteiger partial charge in [0.2, 0.25) is 0 Å². The van der Waals surface area contributed by atoms with Crippen LogP contribution in [0.1, 0.15) is 113 Å². The largest absolute Gasteiger partial charge is 0.481 e. The Morgan fingerprint density at radius 1 is 0.889 bits per heavy atom. The van der Waals surface area contributed by atoms with Crippen molar-refractivity contribution in [3.05, 3.63) is 11.6 Å². The van der Waals surface area contributed by atoms with Crippen molar-refractivity contribution in [3.8, 4) is 0 Å². The van der Waals surface area contributed by atoms with Crippen molar-refractivity contribution in [2.75, 3.05) is 6.61 Å². The number of hydrogen-bond donors (Lipinski definition) is 6. The van der Waals surface area contributed by atoms with Gasteiger partial charge in [0, 0.05) is 0 Å². The fourth-order valence-electron chi connectivity index (χ4n) is 12.9. The van der Waals surface area contributed by atoms with Crippen LogP contribution in [0.3, 0.4) is 0 Å². The number of ether oxygens (including phenoxy) is 1. The molecule has 1 heterocycles. The van der Waals surface area contributed by atoms with Gasteiger partial charge in [0.25, 0.3) is 0 Å².